The zero-order valence-corrected chi connectivity index (χ0v) is 12.9. The van der Waals surface area contributed by atoms with Crippen LogP contribution in [0.15, 0.2) is 23.1 Å². The lowest BCUT2D eigenvalue weighted by molar-refractivity contribution is 0.184. The predicted octanol–water partition coefficient (Wildman–Crippen LogP) is 1.75. The first-order chi connectivity index (χ1) is 10.1. The second-order valence-corrected chi connectivity index (χ2v) is 7.53. The van der Waals surface area contributed by atoms with E-state index in [4.69, 9.17) is 4.74 Å². The third kappa shape index (κ3) is 3.56. The van der Waals surface area contributed by atoms with Crippen molar-refractivity contribution in [2.75, 3.05) is 31.6 Å². The molecule has 0 saturated carbocycles. The molecule has 1 atom stereocenters. The summed E-state index contributed by atoms with van der Waals surface area (Å²) in [5.74, 6) is 0.484. The molecule has 3 rings (SSSR count). The van der Waals surface area contributed by atoms with Crippen LogP contribution in [0, 0.1) is 5.92 Å². The van der Waals surface area contributed by atoms with E-state index < -0.39 is 10.0 Å². The largest absolute Gasteiger partial charge is 0.385 e. The smallest absolute Gasteiger partial charge is 0.240 e. The summed E-state index contributed by atoms with van der Waals surface area (Å²) >= 11 is 0. The van der Waals surface area contributed by atoms with Crippen LogP contribution >= 0.6 is 0 Å². The Morgan fingerprint density at radius 3 is 3.10 bits per heavy atom. The highest BCUT2D eigenvalue weighted by molar-refractivity contribution is 7.89. The van der Waals surface area contributed by atoms with E-state index >= 15 is 0 Å². The van der Waals surface area contributed by atoms with Gasteiger partial charge in [-0.05, 0) is 49.3 Å². The Morgan fingerprint density at radius 1 is 1.38 bits per heavy atom. The normalized spacial score (nSPS) is 21.8. The standard InChI is InChI=1S/C15H22N2O3S/c18-21(19,17-8-5-12-6-9-20-11-12)14-4-3-13-2-1-7-16-15(13)10-14/h3-4,10,12,16-17H,1-2,5-9,11H2. The van der Waals surface area contributed by atoms with Crippen molar-refractivity contribution < 1.29 is 13.2 Å². The molecule has 5 nitrogen and oxygen atoms in total. The summed E-state index contributed by atoms with van der Waals surface area (Å²) < 4.78 is 32.6. The molecule has 2 aliphatic rings. The molecule has 1 saturated heterocycles. The molecule has 0 bridgehead atoms. The number of hydrogen-bond donors (Lipinski definition) is 2. The lowest BCUT2D eigenvalue weighted by Gasteiger charge is -2.19. The van der Waals surface area contributed by atoms with Gasteiger partial charge in [0.1, 0.15) is 0 Å². The van der Waals surface area contributed by atoms with Gasteiger partial charge >= 0.3 is 0 Å². The number of rotatable bonds is 5. The number of hydrogen-bond acceptors (Lipinski definition) is 4. The quantitative estimate of drug-likeness (QED) is 0.869. The van der Waals surface area contributed by atoms with Crippen molar-refractivity contribution in [1.82, 2.24) is 4.72 Å². The molecular weight excluding hydrogens is 288 g/mol. The number of ether oxygens (including phenoxy) is 1. The van der Waals surface area contributed by atoms with E-state index in [1.807, 2.05) is 6.07 Å². The average Bonchev–Trinajstić information content (AvgIpc) is 3.00. The third-order valence-corrected chi connectivity index (χ3v) is 5.66. The number of benzene rings is 1. The summed E-state index contributed by atoms with van der Waals surface area (Å²) in [6.45, 7) is 2.94. The molecule has 2 heterocycles. The molecule has 0 aliphatic carbocycles. The van der Waals surface area contributed by atoms with E-state index in [1.54, 1.807) is 12.1 Å². The van der Waals surface area contributed by atoms with Gasteiger partial charge in [0, 0.05) is 32.0 Å². The van der Waals surface area contributed by atoms with Crippen molar-refractivity contribution >= 4 is 15.7 Å². The zero-order chi connectivity index (χ0) is 14.7. The van der Waals surface area contributed by atoms with Gasteiger partial charge in [-0.1, -0.05) is 6.07 Å². The summed E-state index contributed by atoms with van der Waals surface area (Å²) in [5, 5.41) is 3.27. The highest BCUT2D eigenvalue weighted by atomic mass is 32.2. The summed E-state index contributed by atoms with van der Waals surface area (Å²) in [6, 6.07) is 5.36. The fourth-order valence-electron chi connectivity index (χ4n) is 2.90. The second kappa shape index (κ2) is 6.34. The Morgan fingerprint density at radius 2 is 2.29 bits per heavy atom. The van der Waals surface area contributed by atoms with Crippen LogP contribution < -0.4 is 10.0 Å². The molecule has 1 fully saturated rings. The SMILES string of the molecule is O=S(=O)(NCCC1CCOC1)c1ccc2c(c1)NCCC2. The molecule has 0 spiro atoms. The van der Waals surface area contributed by atoms with E-state index in [-0.39, 0.29) is 0 Å². The maximum Gasteiger partial charge on any atom is 0.240 e. The Labute approximate surface area is 126 Å². The van der Waals surface area contributed by atoms with Crippen molar-refractivity contribution in [2.24, 2.45) is 5.92 Å². The van der Waals surface area contributed by atoms with Gasteiger partial charge in [0.15, 0.2) is 0 Å². The van der Waals surface area contributed by atoms with Crippen molar-refractivity contribution in [3.05, 3.63) is 23.8 Å². The van der Waals surface area contributed by atoms with Crippen molar-refractivity contribution in [2.45, 2.75) is 30.6 Å². The van der Waals surface area contributed by atoms with E-state index in [0.29, 0.717) is 17.4 Å². The van der Waals surface area contributed by atoms with Gasteiger partial charge in [0.25, 0.3) is 0 Å². The van der Waals surface area contributed by atoms with Crippen LogP contribution in [0.25, 0.3) is 0 Å². The van der Waals surface area contributed by atoms with E-state index in [2.05, 4.69) is 10.0 Å². The first kappa shape index (κ1) is 14.8. The minimum Gasteiger partial charge on any atom is -0.385 e. The maximum atomic E-state index is 12.3. The fourth-order valence-corrected chi connectivity index (χ4v) is 3.97. The molecule has 21 heavy (non-hydrogen) atoms. The number of sulfonamides is 1. The molecule has 1 unspecified atom stereocenters. The summed E-state index contributed by atoms with van der Waals surface area (Å²) in [6.07, 6.45) is 3.98. The first-order valence-corrected chi connectivity index (χ1v) is 9.08. The molecule has 1 aromatic rings. The van der Waals surface area contributed by atoms with Crippen molar-refractivity contribution in [1.29, 1.82) is 0 Å². The molecule has 2 aliphatic heterocycles. The molecule has 0 aromatic heterocycles. The molecular formula is C15H22N2O3S. The molecule has 1 aromatic carbocycles. The van der Waals surface area contributed by atoms with Gasteiger partial charge < -0.3 is 10.1 Å². The van der Waals surface area contributed by atoms with Gasteiger partial charge in [-0.2, -0.15) is 0 Å². The molecule has 0 amide bonds. The van der Waals surface area contributed by atoms with Crippen LogP contribution in [0.2, 0.25) is 0 Å². The zero-order valence-electron chi connectivity index (χ0n) is 12.1. The van der Waals surface area contributed by atoms with Crippen LogP contribution in [0.5, 0.6) is 0 Å². The monoisotopic (exact) mass is 310 g/mol. The lowest BCUT2D eigenvalue weighted by atomic mass is 10.0. The Bertz CT molecular complexity index is 595. The van der Waals surface area contributed by atoms with E-state index in [1.165, 1.54) is 5.56 Å². The van der Waals surface area contributed by atoms with E-state index in [9.17, 15) is 8.42 Å². The van der Waals surface area contributed by atoms with Gasteiger partial charge in [0.05, 0.1) is 4.90 Å². The van der Waals surface area contributed by atoms with Crippen LogP contribution in [0.1, 0.15) is 24.8 Å². The van der Waals surface area contributed by atoms with Gasteiger partial charge in [-0.25, -0.2) is 13.1 Å². The molecule has 2 N–H and O–H groups in total. The maximum absolute atomic E-state index is 12.3. The topological polar surface area (TPSA) is 67.4 Å². The van der Waals surface area contributed by atoms with Crippen LogP contribution in [0.3, 0.4) is 0 Å². The number of anilines is 1. The summed E-state index contributed by atoms with van der Waals surface area (Å²) in [4.78, 5) is 0.346. The van der Waals surface area contributed by atoms with Crippen LogP contribution in [-0.4, -0.2) is 34.7 Å². The molecule has 116 valence electrons. The van der Waals surface area contributed by atoms with Crippen molar-refractivity contribution in [3.8, 4) is 0 Å². The predicted molar refractivity (Wildman–Crippen MR) is 82.0 cm³/mol. The Kier molecular flexibility index (Phi) is 4.47. The number of fused-ring (bicyclic) bond motifs is 1. The van der Waals surface area contributed by atoms with E-state index in [0.717, 1.165) is 51.1 Å². The first-order valence-electron chi connectivity index (χ1n) is 7.59. The van der Waals surface area contributed by atoms with Gasteiger partial charge in [0.2, 0.25) is 10.0 Å². The minimum absolute atomic E-state index is 0.346. The summed E-state index contributed by atoms with van der Waals surface area (Å²) in [7, 11) is -3.42. The Hall–Kier alpha value is -1.11. The molecule has 0 radical (unpaired) electrons. The second-order valence-electron chi connectivity index (χ2n) is 5.77. The van der Waals surface area contributed by atoms with Gasteiger partial charge in [-0.3, -0.25) is 0 Å². The highest BCUT2D eigenvalue weighted by Crippen LogP contribution is 2.25. The minimum atomic E-state index is -3.42. The number of aryl methyl sites for hydroxylation is 1. The summed E-state index contributed by atoms with van der Waals surface area (Å²) in [5.41, 5.74) is 2.15. The van der Waals surface area contributed by atoms with Crippen molar-refractivity contribution in [3.63, 3.8) is 0 Å². The van der Waals surface area contributed by atoms with Crippen LogP contribution in [-0.2, 0) is 21.2 Å². The third-order valence-electron chi connectivity index (χ3n) is 4.20. The average molecular weight is 310 g/mol. The number of nitrogens with one attached hydrogen (secondary N) is 2. The Balaban J connectivity index is 1.63. The molecule has 6 heteroatoms. The van der Waals surface area contributed by atoms with Crippen LogP contribution in [0.4, 0.5) is 5.69 Å². The highest BCUT2D eigenvalue weighted by Gasteiger charge is 2.19. The lowest BCUT2D eigenvalue weighted by Crippen LogP contribution is -2.26. The fraction of sp³-hybridized carbons (Fsp3) is 0.600. The van der Waals surface area contributed by atoms with Gasteiger partial charge in [-0.15, -0.1) is 0 Å².